The van der Waals surface area contributed by atoms with Gasteiger partial charge in [0.1, 0.15) is 5.82 Å². The highest BCUT2D eigenvalue weighted by molar-refractivity contribution is 5.24. The number of nitrogens with one attached hydrogen (secondary N) is 1. The highest BCUT2D eigenvalue weighted by Gasteiger charge is 2.15. The summed E-state index contributed by atoms with van der Waals surface area (Å²) in [5.41, 5.74) is 3.25. The van der Waals surface area contributed by atoms with E-state index in [0.717, 1.165) is 18.7 Å². The summed E-state index contributed by atoms with van der Waals surface area (Å²) in [6.45, 7) is 3.71. The molecule has 0 spiro atoms. The van der Waals surface area contributed by atoms with E-state index >= 15 is 0 Å². The number of hydrogen-bond acceptors (Lipinski definition) is 2. The molecule has 0 aromatic heterocycles. The van der Waals surface area contributed by atoms with E-state index in [1.54, 1.807) is 6.07 Å². The minimum absolute atomic E-state index is 0.0446. The minimum Gasteiger partial charge on any atom is -0.316 e. The Labute approximate surface area is 126 Å². The zero-order chi connectivity index (χ0) is 15.2. The van der Waals surface area contributed by atoms with Crippen LogP contribution in [0.4, 0.5) is 4.39 Å². The molecule has 3 heteroatoms. The van der Waals surface area contributed by atoms with Crippen LogP contribution in [0.15, 0.2) is 48.5 Å². The van der Waals surface area contributed by atoms with E-state index in [1.165, 1.54) is 17.2 Å². The third-order valence-corrected chi connectivity index (χ3v) is 3.85. The Balaban J connectivity index is 2.03. The van der Waals surface area contributed by atoms with Gasteiger partial charge in [0.2, 0.25) is 0 Å². The van der Waals surface area contributed by atoms with Crippen LogP contribution in [0.2, 0.25) is 0 Å². The zero-order valence-corrected chi connectivity index (χ0v) is 12.9. The van der Waals surface area contributed by atoms with E-state index < -0.39 is 0 Å². The molecule has 0 aliphatic heterocycles. The van der Waals surface area contributed by atoms with Gasteiger partial charge >= 0.3 is 0 Å². The highest BCUT2D eigenvalue weighted by Crippen LogP contribution is 2.23. The van der Waals surface area contributed by atoms with Gasteiger partial charge in [-0.25, -0.2) is 4.39 Å². The van der Waals surface area contributed by atoms with Crippen LogP contribution in [0.1, 0.15) is 29.7 Å². The minimum atomic E-state index is -0.138. The summed E-state index contributed by atoms with van der Waals surface area (Å²) >= 11 is 0. The van der Waals surface area contributed by atoms with Crippen molar-refractivity contribution < 1.29 is 4.39 Å². The summed E-state index contributed by atoms with van der Waals surface area (Å²) in [5, 5.41) is 3.14. The lowest BCUT2D eigenvalue weighted by molar-refractivity contribution is 0.248. The molecule has 0 saturated carbocycles. The predicted octanol–water partition coefficient (Wildman–Crippen LogP) is 3.74. The monoisotopic (exact) mass is 286 g/mol. The van der Waals surface area contributed by atoms with Crippen LogP contribution in [0.3, 0.4) is 0 Å². The average molecular weight is 286 g/mol. The van der Waals surface area contributed by atoms with Crippen LogP contribution in [-0.4, -0.2) is 19.0 Å². The van der Waals surface area contributed by atoms with Crippen molar-refractivity contribution in [3.63, 3.8) is 0 Å². The summed E-state index contributed by atoms with van der Waals surface area (Å²) in [6.07, 6.45) is 0. The quantitative estimate of drug-likeness (QED) is 0.870. The van der Waals surface area contributed by atoms with E-state index in [4.69, 9.17) is 0 Å². The van der Waals surface area contributed by atoms with Crippen molar-refractivity contribution in [2.75, 3.05) is 14.1 Å². The lowest BCUT2D eigenvalue weighted by Crippen LogP contribution is -2.22. The molecule has 2 aromatic rings. The molecule has 1 N–H and O–H groups in total. The second-order valence-electron chi connectivity index (χ2n) is 5.46. The molecule has 2 aromatic carbocycles. The van der Waals surface area contributed by atoms with Crippen molar-refractivity contribution in [1.82, 2.24) is 10.2 Å². The maximum absolute atomic E-state index is 13.8. The van der Waals surface area contributed by atoms with Gasteiger partial charge in [-0.1, -0.05) is 42.5 Å². The van der Waals surface area contributed by atoms with E-state index in [-0.39, 0.29) is 11.9 Å². The fraction of sp³-hybridized carbons (Fsp3) is 0.333. The first-order valence-corrected chi connectivity index (χ1v) is 7.29. The summed E-state index contributed by atoms with van der Waals surface area (Å²) in [4.78, 5) is 2.16. The van der Waals surface area contributed by atoms with Gasteiger partial charge in [-0.05, 0) is 38.2 Å². The average Bonchev–Trinajstić information content (AvgIpc) is 2.49. The Morgan fingerprint density at radius 1 is 1.05 bits per heavy atom. The summed E-state index contributed by atoms with van der Waals surface area (Å²) in [5.74, 6) is -0.138. The van der Waals surface area contributed by atoms with Crippen molar-refractivity contribution >= 4 is 0 Å². The van der Waals surface area contributed by atoms with Crippen molar-refractivity contribution in [3.8, 4) is 0 Å². The summed E-state index contributed by atoms with van der Waals surface area (Å²) in [6, 6.07) is 15.6. The SMILES string of the molecule is CNCc1ccc(CN(C)C(C)c2ccccc2F)cc1. The standard InChI is InChI=1S/C18H23FN2/c1-14(17-6-4-5-7-18(17)19)21(3)13-16-10-8-15(9-11-16)12-20-2/h4-11,14,20H,12-13H2,1-3H3. The molecular weight excluding hydrogens is 263 g/mol. The molecule has 112 valence electrons. The van der Waals surface area contributed by atoms with Crippen LogP contribution in [0.25, 0.3) is 0 Å². The molecule has 2 rings (SSSR count). The summed E-state index contributed by atoms with van der Waals surface area (Å²) < 4.78 is 13.8. The van der Waals surface area contributed by atoms with Gasteiger partial charge in [-0.3, -0.25) is 4.90 Å². The first-order valence-electron chi connectivity index (χ1n) is 7.29. The normalized spacial score (nSPS) is 12.6. The molecule has 0 fully saturated rings. The Bertz CT molecular complexity index is 566. The second-order valence-corrected chi connectivity index (χ2v) is 5.46. The molecule has 0 bridgehead atoms. The maximum Gasteiger partial charge on any atom is 0.127 e. The molecule has 0 saturated heterocycles. The molecule has 21 heavy (non-hydrogen) atoms. The first-order chi connectivity index (χ1) is 10.1. The molecular formula is C18H23FN2. The molecule has 0 radical (unpaired) electrons. The molecule has 0 aliphatic rings. The molecule has 1 unspecified atom stereocenters. The third kappa shape index (κ3) is 4.13. The van der Waals surface area contributed by atoms with Gasteiger partial charge in [-0.2, -0.15) is 0 Å². The van der Waals surface area contributed by atoms with Crippen molar-refractivity contribution in [2.24, 2.45) is 0 Å². The summed E-state index contributed by atoms with van der Waals surface area (Å²) in [7, 11) is 3.97. The Kier molecular flexibility index (Phi) is 5.48. The Morgan fingerprint density at radius 3 is 2.29 bits per heavy atom. The number of hydrogen-bond donors (Lipinski definition) is 1. The smallest absolute Gasteiger partial charge is 0.127 e. The van der Waals surface area contributed by atoms with Gasteiger partial charge in [0.25, 0.3) is 0 Å². The van der Waals surface area contributed by atoms with E-state index in [1.807, 2.05) is 33.2 Å². The van der Waals surface area contributed by atoms with Gasteiger partial charge < -0.3 is 5.32 Å². The fourth-order valence-electron chi connectivity index (χ4n) is 2.44. The van der Waals surface area contributed by atoms with E-state index in [0.29, 0.717) is 0 Å². The van der Waals surface area contributed by atoms with Crippen molar-refractivity contribution in [2.45, 2.75) is 26.1 Å². The van der Waals surface area contributed by atoms with Crippen LogP contribution in [0.5, 0.6) is 0 Å². The van der Waals surface area contributed by atoms with Crippen LogP contribution in [0, 0.1) is 5.82 Å². The van der Waals surface area contributed by atoms with Gasteiger partial charge in [0, 0.05) is 24.7 Å². The zero-order valence-electron chi connectivity index (χ0n) is 12.9. The lowest BCUT2D eigenvalue weighted by atomic mass is 10.1. The molecule has 0 aliphatic carbocycles. The third-order valence-electron chi connectivity index (χ3n) is 3.85. The Hall–Kier alpha value is -1.71. The first kappa shape index (κ1) is 15.7. The van der Waals surface area contributed by atoms with Crippen LogP contribution < -0.4 is 5.32 Å². The second kappa shape index (κ2) is 7.34. The predicted molar refractivity (Wildman–Crippen MR) is 85.5 cm³/mol. The van der Waals surface area contributed by atoms with Gasteiger partial charge in [0.15, 0.2) is 0 Å². The molecule has 2 nitrogen and oxygen atoms in total. The number of halogens is 1. The largest absolute Gasteiger partial charge is 0.316 e. The molecule has 1 atom stereocenters. The van der Waals surface area contributed by atoms with Gasteiger partial charge in [-0.15, -0.1) is 0 Å². The number of nitrogens with zero attached hydrogens (tertiary/aromatic N) is 1. The number of rotatable bonds is 6. The van der Waals surface area contributed by atoms with E-state index in [2.05, 4.69) is 34.5 Å². The number of benzene rings is 2. The van der Waals surface area contributed by atoms with Crippen LogP contribution >= 0.6 is 0 Å². The van der Waals surface area contributed by atoms with E-state index in [9.17, 15) is 4.39 Å². The Morgan fingerprint density at radius 2 is 1.67 bits per heavy atom. The maximum atomic E-state index is 13.8. The van der Waals surface area contributed by atoms with Crippen molar-refractivity contribution in [3.05, 3.63) is 71.0 Å². The highest BCUT2D eigenvalue weighted by atomic mass is 19.1. The lowest BCUT2D eigenvalue weighted by Gasteiger charge is -2.25. The molecule has 0 heterocycles. The fourth-order valence-corrected chi connectivity index (χ4v) is 2.44. The molecule has 0 amide bonds. The topological polar surface area (TPSA) is 15.3 Å². The van der Waals surface area contributed by atoms with Crippen molar-refractivity contribution in [1.29, 1.82) is 0 Å². The van der Waals surface area contributed by atoms with Crippen LogP contribution in [-0.2, 0) is 13.1 Å². The van der Waals surface area contributed by atoms with Gasteiger partial charge in [0.05, 0.1) is 0 Å².